The zero-order valence-electron chi connectivity index (χ0n) is 15.2. The van der Waals surface area contributed by atoms with Gasteiger partial charge in [0, 0.05) is 6.92 Å². The summed E-state index contributed by atoms with van der Waals surface area (Å²) >= 11 is 0. The smallest absolute Gasteiger partial charge is 0.272 e. The molecule has 0 bridgehead atoms. The van der Waals surface area contributed by atoms with Gasteiger partial charge in [0.1, 0.15) is 5.70 Å². The number of carbonyl (C=O) groups excluding carboxylic acids is 2. The Kier molecular flexibility index (Phi) is 5.51. The van der Waals surface area contributed by atoms with E-state index in [1.807, 2.05) is 41.9 Å². The van der Waals surface area contributed by atoms with E-state index in [1.54, 1.807) is 12.3 Å². The normalized spacial score (nSPS) is 15.1. The van der Waals surface area contributed by atoms with E-state index in [4.69, 9.17) is 0 Å². The number of hydrogen-bond donors (Lipinski definition) is 2. The van der Waals surface area contributed by atoms with Gasteiger partial charge in [-0.3, -0.25) is 14.3 Å². The molecule has 0 radical (unpaired) electrons. The summed E-state index contributed by atoms with van der Waals surface area (Å²) in [6, 6.07) is 9.82. The van der Waals surface area contributed by atoms with Crippen LogP contribution < -0.4 is 10.6 Å². The number of nitrogens with zero attached hydrogens (tertiary/aromatic N) is 2. The molecule has 1 saturated carbocycles. The fourth-order valence-corrected chi connectivity index (χ4v) is 3.32. The van der Waals surface area contributed by atoms with Gasteiger partial charge in [-0.1, -0.05) is 43.2 Å². The van der Waals surface area contributed by atoms with Gasteiger partial charge in [0.15, 0.2) is 0 Å². The number of rotatable bonds is 5. The van der Waals surface area contributed by atoms with E-state index in [9.17, 15) is 9.59 Å². The number of hydrogen-bond acceptors (Lipinski definition) is 3. The minimum atomic E-state index is -0.363. The van der Waals surface area contributed by atoms with Crippen LogP contribution in [0.5, 0.6) is 0 Å². The van der Waals surface area contributed by atoms with Crippen molar-refractivity contribution >= 4 is 23.6 Å². The van der Waals surface area contributed by atoms with Crippen molar-refractivity contribution in [2.75, 3.05) is 5.32 Å². The highest BCUT2D eigenvalue weighted by Gasteiger charge is 2.21. The van der Waals surface area contributed by atoms with Crippen LogP contribution in [0.4, 0.5) is 5.69 Å². The van der Waals surface area contributed by atoms with Crippen LogP contribution in [0.15, 0.2) is 42.2 Å². The van der Waals surface area contributed by atoms with E-state index in [0.717, 1.165) is 24.1 Å². The Bertz CT molecular complexity index is 818. The molecule has 0 unspecified atom stereocenters. The largest absolute Gasteiger partial charge is 0.322 e. The maximum Gasteiger partial charge on any atom is 0.272 e. The third kappa shape index (κ3) is 4.20. The highest BCUT2D eigenvalue weighted by molar-refractivity contribution is 6.08. The fourth-order valence-electron chi connectivity index (χ4n) is 3.32. The summed E-state index contributed by atoms with van der Waals surface area (Å²) in [5, 5.41) is 9.94. The molecule has 6 nitrogen and oxygen atoms in total. The molecule has 0 saturated heterocycles. The van der Waals surface area contributed by atoms with Crippen molar-refractivity contribution in [1.29, 1.82) is 0 Å². The highest BCUT2D eigenvalue weighted by Crippen LogP contribution is 2.31. The minimum Gasteiger partial charge on any atom is -0.322 e. The van der Waals surface area contributed by atoms with Gasteiger partial charge in [-0.2, -0.15) is 5.10 Å². The van der Waals surface area contributed by atoms with Crippen molar-refractivity contribution in [2.24, 2.45) is 0 Å². The second-order valence-electron chi connectivity index (χ2n) is 6.63. The van der Waals surface area contributed by atoms with Crippen LogP contribution >= 0.6 is 0 Å². The number of nitrogens with one attached hydrogen (secondary N) is 2. The molecule has 1 aliphatic carbocycles. The number of amides is 2. The lowest BCUT2D eigenvalue weighted by molar-refractivity contribution is -0.120. The molecule has 1 aromatic heterocycles. The number of carbonyl (C=O) groups is 2. The van der Waals surface area contributed by atoms with Gasteiger partial charge in [-0.25, -0.2) is 0 Å². The quantitative estimate of drug-likeness (QED) is 0.810. The molecule has 0 spiro atoms. The summed E-state index contributed by atoms with van der Waals surface area (Å²) in [5.41, 5.74) is 2.65. The summed E-state index contributed by atoms with van der Waals surface area (Å²) in [4.78, 5) is 24.2. The molecule has 1 heterocycles. The molecule has 1 aromatic carbocycles. The van der Waals surface area contributed by atoms with Crippen LogP contribution in [0.1, 0.15) is 49.9 Å². The van der Waals surface area contributed by atoms with Gasteiger partial charge in [0.25, 0.3) is 5.91 Å². The van der Waals surface area contributed by atoms with Crippen LogP contribution in [0.2, 0.25) is 0 Å². The van der Waals surface area contributed by atoms with Gasteiger partial charge >= 0.3 is 0 Å². The van der Waals surface area contributed by atoms with E-state index >= 15 is 0 Å². The molecule has 2 N–H and O–H groups in total. The second-order valence-corrected chi connectivity index (χ2v) is 6.63. The molecule has 3 rings (SSSR count). The molecule has 2 aromatic rings. The highest BCUT2D eigenvalue weighted by atomic mass is 16.2. The second kappa shape index (κ2) is 7.99. The van der Waals surface area contributed by atoms with Gasteiger partial charge in [0.2, 0.25) is 5.91 Å². The Morgan fingerprint density at radius 3 is 2.54 bits per heavy atom. The van der Waals surface area contributed by atoms with Crippen molar-refractivity contribution in [3.05, 3.63) is 53.5 Å². The Hall–Kier alpha value is -2.89. The number of benzene rings is 1. The fraction of sp³-hybridized carbons (Fsp3) is 0.350. The molecule has 1 fully saturated rings. The van der Waals surface area contributed by atoms with Crippen molar-refractivity contribution in [3.8, 4) is 0 Å². The Morgan fingerprint density at radius 2 is 1.88 bits per heavy atom. The van der Waals surface area contributed by atoms with Gasteiger partial charge in [0.05, 0.1) is 23.6 Å². The molecule has 6 heteroatoms. The van der Waals surface area contributed by atoms with Crippen molar-refractivity contribution in [3.63, 3.8) is 0 Å². The van der Waals surface area contributed by atoms with E-state index in [-0.39, 0.29) is 17.5 Å². The molecule has 0 atom stereocenters. The first-order chi connectivity index (χ1) is 12.5. The summed E-state index contributed by atoms with van der Waals surface area (Å²) in [6.07, 6.45) is 8.03. The predicted octanol–water partition coefficient (Wildman–Crippen LogP) is 3.42. The van der Waals surface area contributed by atoms with E-state index in [0.29, 0.717) is 11.7 Å². The van der Waals surface area contributed by atoms with Crippen LogP contribution in [-0.4, -0.2) is 21.6 Å². The zero-order valence-corrected chi connectivity index (χ0v) is 15.2. The third-order valence-corrected chi connectivity index (χ3v) is 4.63. The topological polar surface area (TPSA) is 76.0 Å². The van der Waals surface area contributed by atoms with E-state index < -0.39 is 0 Å². The molecular formula is C20H24N4O2. The van der Waals surface area contributed by atoms with Crippen molar-refractivity contribution < 1.29 is 9.59 Å². The summed E-state index contributed by atoms with van der Waals surface area (Å²) < 4.78 is 2.00. The van der Waals surface area contributed by atoms with Gasteiger partial charge in [-0.15, -0.1) is 0 Å². The minimum absolute atomic E-state index is 0.205. The lowest BCUT2D eigenvalue weighted by Gasteiger charge is -2.13. The maximum absolute atomic E-state index is 12.7. The number of anilines is 1. The zero-order chi connectivity index (χ0) is 18.5. The molecular weight excluding hydrogens is 328 g/mol. The Morgan fingerprint density at radius 1 is 1.19 bits per heavy atom. The van der Waals surface area contributed by atoms with Gasteiger partial charge < -0.3 is 10.6 Å². The van der Waals surface area contributed by atoms with Crippen LogP contribution in [0, 0.1) is 6.92 Å². The maximum atomic E-state index is 12.7. The SMILES string of the molecule is CC(=O)N/C(=C\c1ccccc1)C(=O)Nc1cnn(C2CCCC2)c1C. The number of aromatic nitrogens is 2. The molecule has 0 aliphatic heterocycles. The summed E-state index contributed by atoms with van der Waals surface area (Å²) in [6.45, 7) is 3.34. The molecule has 26 heavy (non-hydrogen) atoms. The first kappa shape index (κ1) is 17.9. The van der Waals surface area contributed by atoms with Crippen LogP contribution in [-0.2, 0) is 9.59 Å². The lowest BCUT2D eigenvalue weighted by Crippen LogP contribution is -2.29. The van der Waals surface area contributed by atoms with Crippen LogP contribution in [0.25, 0.3) is 6.08 Å². The lowest BCUT2D eigenvalue weighted by atomic mass is 10.2. The van der Waals surface area contributed by atoms with E-state index in [1.165, 1.54) is 19.8 Å². The predicted molar refractivity (Wildman–Crippen MR) is 101 cm³/mol. The average Bonchev–Trinajstić information content (AvgIpc) is 3.25. The first-order valence-electron chi connectivity index (χ1n) is 8.94. The van der Waals surface area contributed by atoms with Crippen molar-refractivity contribution in [1.82, 2.24) is 15.1 Å². The molecule has 136 valence electrons. The monoisotopic (exact) mass is 352 g/mol. The Labute approximate surface area is 153 Å². The van der Waals surface area contributed by atoms with Crippen LogP contribution in [0.3, 0.4) is 0 Å². The summed E-state index contributed by atoms with van der Waals surface area (Å²) in [5.74, 6) is -0.654. The molecule has 2 amide bonds. The third-order valence-electron chi connectivity index (χ3n) is 4.63. The first-order valence-corrected chi connectivity index (χ1v) is 8.94. The Balaban J connectivity index is 1.79. The van der Waals surface area contributed by atoms with Crippen molar-refractivity contribution in [2.45, 2.75) is 45.6 Å². The molecule has 1 aliphatic rings. The van der Waals surface area contributed by atoms with Gasteiger partial charge in [-0.05, 0) is 31.4 Å². The summed E-state index contributed by atoms with van der Waals surface area (Å²) in [7, 11) is 0. The standard InChI is InChI=1S/C20H24N4O2/c1-14-19(13-21-24(14)17-10-6-7-11-17)23-20(26)18(22-15(2)25)12-16-8-4-3-5-9-16/h3-5,8-9,12-13,17H,6-7,10-11H2,1-2H3,(H,22,25)(H,23,26)/b18-12-. The van der Waals surface area contributed by atoms with E-state index in [2.05, 4.69) is 15.7 Å². The average molecular weight is 352 g/mol.